The molecule has 0 unspecified atom stereocenters. The second kappa shape index (κ2) is 9.10. The molecule has 31 heavy (non-hydrogen) atoms. The minimum Gasteiger partial charge on any atom is -0.487 e. The Bertz CT molecular complexity index is 1120. The molecule has 0 spiro atoms. The predicted molar refractivity (Wildman–Crippen MR) is 113 cm³/mol. The van der Waals surface area contributed by atoms with Crippen molar-refractivity contribution >= 4 is 28.6 Å². The number of nitrogens with one attached hydrogen (secondary N) is 1. The zero-order chi connectivity index (χ0) is 21.8. The van der Waals surface area contributed by atoms with E-state index >= 15 is 0 Å². The van der Waals surface area contributed by atoms with Crippen LogP contribution in [0, 0.1) is 23.0 Å². The number of carbonyl (C=O) groups excluding carboxylic acids is 1. The third-order valence-corrected chi connectivity index (χ3v) is 5.60. The number of hydrogen-bond acceptors (Lipinski definition) is 6. The zero-order valence-corrected chi connectivity index (χ0v) is 17.2. The fourth-order valence-electron chi connectivity index (χ4n) is 3.46. The maximum atomic E-state index is 13.9. The lowest BCUT2D eigenvalue weighted by molar-refractivity contribution is 0.102. The SMILES string of the molecule is N#Cc1ccc(N2CCC(Oc3ccc(F)cc3F)CC2)c(NC(=O)c2cscn2)c1. The average molecular weight is 440 g/mol. The molecule has 9 heteroatoms. The molecular weight excluding hydrogens is 422 g/mol. The lowest BCUT2D eigenvalue weighted by Crippen LogP contribution is -2.38. The van der Waals surface area contributed by atoms with Gasteiger partial charge in [-0.3, -0.25) is 4.79 Å². The van der Waals surface area contributed by atoms with Gasteiger partial charge in [-0.05, 0) is 30.3 Å². The number of halogens is 2. The number of hydrogen-bond donors (Lipinski definition) is 1. The van der Waals surface area contributed by atoms with E-state index in [0.717, 1.165) is 11.8 Å². The maximum Gasteiger partial charge on any atom is 0.275 e. The van der Waals surface area contributed by atoms with Gasteiger partial charge in [-0.15, -0.1) is 11.3 Å². The van der Waals surface area contributed by atoms with Gasteiger partial charge in [0.05, 0.1) is 28.5 Å². The first-order valence-electron chi connectivity index (χ1n) is 9.64. The van der Waals surface area contributed by atoms with Crippen LogP contribution in [0.5, 0.6) is 5.75 Å². The van der Waals surface area contributed by atoms with Gasteiger partial charge in [0.15, 0.2) is 11.6 Å². The normalized spacial score (nSPS) is 14.2. The summed E-state index contributed by atoms with van der Waals surface area (Å²) < 4.78 is 32.7. The molecule has 0 radical (unpaired) electrons. The average Bonchev–Trinajstić information content (AvgIpc) is 3.31. The molecule has 3 aromatic rings. The van der Waals surface area contributed by atoms with Gasteiger partial charge in [0.1, 0.15) is 17.6 Å². The molecule has 1 N–H and O–H groups in total. The molecule has 1 saturated heterocycles. The van der Waals surface area contributed by atoms with Crippen molar-refractivity contribution in [1.29, 1.82) is 5.26 Å². The zero-order valence-electron chi connectivity index (χ0n) is 16.3. The number of carbonyl (C=O) groups is 1. The van der Waals surface area contributed by atoms with Gasteiger partial charge in [0.2, 0.25) is 0 Å². The molecule has 1 fully saturated rings. The van der Waals surface area contributed by atoms with E-state index < -0.39 is 11.6 Å². The Balaban J connectivity index is 1.46. The highest BCUT2D eigenvalue weighted by Gasteiger charge is 2.24. The molecule has 158 valence electrons. The first kappa shape index (κ1) is 20.8. The van der Waals surface area contributed by atoms with Crippen LogP contribution in [-0.4, -0.2) is 30.1 Å². The van der Waals surface area contributed by atoms with Gasteiger partial charge < -0.3 is 15.0 Å². The monoisotopic (exact) mass is 440 g/mol. The van der Waals surface area contributed by atoms with Crippen molar-refractivity contribution in [3.05, 3.63) is 70.2 Å². The van der Waals surface area contributed by atoms with E-state index in [4.69, 9.17) is 4.74 Å². The van der Waals surface area contributed by atoms with Crippen LogP contribution in [0.15, 0.2) is 47.3 Å². The molecule has 1 aliphatic heterocycles. The number of rotatable bonds is 5. The van der Waals surface area contributed by atoms with Crippen molar-refractivity contribution in [3.63, 3.8) is 0 Å². The van der Waals surface area contributed by atoms with E-state index in [0.29, 0.717) is 42.9 Å². The van der Waals surface area contributed by atoms with Gasteiger partial charge in [-0.25, -0.2) is 13.8 Å². The van der Waals surface area contributed by atoms with E-state index in [1.165, 1.54) is 23.5 Å². The molecule has 0 bridgehead atoms. The van der Waals surface area contributed by atoms with Crippen LogP contribution in [0.1, 0.15) is 28.9 Å². The summed E-state index contributed by atoms with van der Waals surface area (Å²) >= 11 is 1.32. The second-order valence-electron chi connectivity index (χ2n) is 7.05. The minimum absolute atomic E-state index is 0.0365. The molecule has 0 atom stereocenters. The second-order valence-corrected chi connectivity index (χ2v) is 7.77. The standard InChI is InChI=1S/C22H18F2N4O2S/c23-15-2-4-21(17(24)10-15)30-16-5-7-28(8-6-16)20-3-1-14(11-25)9-18(20)27-22(29)19-12-31-13-26-19/h1-4,9-10,12-13,16H,5-8H2,(H,27,29). The lowest BCUT2D eigenvalue weighted by atomic mass is 10.1. The van der Waals surface area contributed by atoms with Gasteiger partial charge in [0, 0.05) is 37.4 Å². The molecule has 2 aromatic carbocycles. The number of nitriles is 1. The summed E-state index contributed by atoms with van der Waals surface area (Å²) in [4.78, 5) is 18.6. The molecule has 1 amide bonds. The van der Waals surface area contributed by atoms with E-state index in [2.05, 4.69) is 21.3 Å². The largest absolute Gasteiger partial charge is 0.487 e. The quantitative estimate of drug-likeness (QED) is 0.628. The smallest absolute Gasteiger partial charge is 0.275 e. The summed E-state index contributed by atoms with van der Waals surface area (Å²) in [6.45, 7) is 1.22. The summed E-state index contributed by atoms with van der Waals surface area (Å²) in [6.07, 6.45) is 1.04. The molecule has 0 saturated carbocycles. The van der Waals surface area contributed by atoms with Crippen LogP contribution in [0.3, 0.4) is 0 Å². The topological polar surface area (TPSA) is 78.3 Å². The number of piperidine rings is 1. The first-order chi connectivity index (χ1) is 15.0. The van der Waals surface area contributed by atoms with Crippen molar-refractivity contribution in [3.8, 4) is 11.8 Å². The number of thiazole rings is 1. The Kier molecular flexibility index (Phi) is 6.09. The Morgan fingerprint density at radius 2 is 2.03 bits per heavy atom. The predicted octanol–water partition coefficient (Wildman–Crippen LogP) is 4.59. The first-order valence-corrected chi connectivity index (χ1v) is 10.6. The number of benzene rings is 2. The summed E-state index contributed by atoms with van der Waals surface area (Å²) in [5, 5.41) is 13.7. The Hall–Kier alpha value is -3.51. The fourth-order valence-corrected chi connectivity index (χ4v) is 3.99. The van der Waals surface area contributed by atoms with Crippen molar-refractivity contribution in [1.82, 2.24) is 4.98 Å². The third-order valence-electron chi connectivity index (χ3n) is 5.01. The van der Waals surface area contributed by atoms with Crippen molar-refractivity contribution < 1.29 is 18.3 Å². The number of anilines is 2. The molecule has 1 aromatic heterocycles. The highest BCUT2D eigenvalue weighted by atomic mass is 32.1. The van der Waals surface area contributed by atoms with Gasteiger partial charge in [-0.1, -0.05) is 0 Å². The molecule has 1 aliphatic rings. The molecule has 6 nitrogen and oxygen atoms in total. The summed E-state index contributed by atoms with van der Waals surface area (Å²) in [5.74, 6) is -1.67. The van der Waals surface area contributed by atoms with E-state index in [-0.39, 0.29) is 17.8 Å². The van der Waals surface area contributed by atoms with Crippen LogP contribution in [0.25, 0.3) is 0 Å². The van der Waals surface area contributed by atoms with Crippen LogP contribution in [0.2, 0.25) is 0 Å². The van der Waals surface area contributed by atoms with Crippen LogP contribution >= 0.6 is 11.3 Å². The number of ether oxygens (including phenoxy) is 1. The van der Waals surface area contributed by atoms with Crippen molar-refractivity contribution in [2.24, 2.45) is 0 Å². The van der Waals surface area contributed by atoms with Crippen molar-refractivity contribution in [2.45, 2.75) is 18.9 Å². The Morgan fingerprint density at radius 1 is 1.23 bits per heavy atom. The fraction of sp³-hybridized carbons (Fsp3) is 0.227. The van der Waals surface area contributed by atoms with Gasteiger partial charge in [-0.2, -0.15) is 5.26 Å². The lowest BCUT2D eigenvalue weighted by Gasteiger charge is -2.34. The van der Waals surface area contributed by atoms with Crippen molar-refractivity contribution in [2.75, 3.05) is 23.3 Å². The van der Waals surface area contributed by atoms with Crippen LogP contribution in [-0.2, 0) is 0 Å². The van der Waals surface area contributed by atoms with Crippen LogP contribution < -0.4 is 15.0 Å². The summed E-state index contributed by atoms with van der Waals surface area (Å²) in [6, 6.07) is 10.5. The summed E-state index contributed by atoms with van der Waals surface area (Å²) in [7, 11) is 0. The molecule has 2 heterocycles. The molecule has 0 aliphatic carbocycles. The van der Waals surface area contributed by atoms with E-state index in [1.54, 1.807) is 29.1 Å². The maximum absolute atomic E-state index is 13.9. The molecular formula is C22H18F2N4O2S. The van der Waals surface area contributed by atoms with E-state index in [1.807, 2.05) is 0 Å². The Labute approximate surface area is 181 Å². The third kappa shape index (κ3) is 4.81. The molecule has 4 rings (SSSR count). The van der Waals surface area contributed by atoms with Crippen LogP contribution in [0.4, 0.5) is 20.2 Å². The number of aromatic nitrogens is 1. The number of amides is 1. The van der Waals surface area contributed by atoms with E-state index in [9.17, 15) is 18.8 Å². The highest BCUT2D eigenvalue weighted by Crippen LogP contribution is 2.31. The highest BCUT2D eigenvalue weighted by molar-refractivity contribution is 7.07. The minimum atomic E-state index is -0.721. The van der Waals surface area contributed by atoms with Gasteiger partial charge in [0.25, 0.3) is 5.91 Å². The Morgan fingerprint density at radius 3 is 2.71 bits per heavy atom. The van der Waals surface area contributed by atoms with Gasteiger partial charge >= 0.3 is 0 Å². The summed E-state index contributed by atoms with van der Waals surface area (Å²) in [5.41, 5.74) is 3.64. The number of nitrogens with zero attached hydrogens (tertiary/aromatic N) is 3.